The second-order valence-electron chi connectivity index (χ2n) is 6.16. The number of thiophene rings is 1. The molecule has 2 bridgehead atoms. The number of fused-ring (bicyclic) bond motifs is 5. The van der Waals surface area contributed by atoms with Crippen LogP contribution in [-0.4, -0.2) is 23.8 Å². The van der Waals surface area contributed by atoms with Crippen molar-refractivity contribution in [3.63, 3.8) is 0 Å². The predicted octanol–water partition coefficient (Wildman–Crippen LogP) is 2.65. The molecule has 1 aromatic rings. The Kier molecular flexibility index (Phi) is 2.70. The van der Waals surface area contributed by atoms with Crippen LogP contribution in [0.15, 0.2) is 5.38 Å². The van der Waals surface area contributed by atoms with Gasteiger partial charge in [-0.25, -0.2) is 0 Å². The fraction of sp³-hybridized carbons (Fsp3) is 0.625. The second kappa shape index (κ2) is 4.25. The maximum absolute atomic E-state index is 12.8. The summed E-state index contributed by atoms with van der Waals surface area (Å²) in [5.41, 5.74) is 2.19. The first-order chi connectivity index (χ1) is 9.63. The van der Waals surface area contributed by atoms with Crippen LogP contribution in [0.4, 0.5) is 0 Å². The molecule has 1 aliphatic carbocycles. The van der Waals surface area contributed by atoms with Crippen molar-refractivity contribution in [1.82, 2.24) is 0 Å². The lowest BCUT2D eigenvalue weighted by molar-refractivity contribution is -0.127. The van der Waals surface area contributed by atoms with E-state index < -0.39 is 5.92 Å². The van der Waals surface area contributed by atoms with Crippen LogP contribution in [0.1, 0.15) is 41.7 Å². The Hall–Kier alpha value is -1.00. The molecule has 3 heterocycles. The first-order valence-corrected chi connectivity index (χ1v) is 8.31. The summed E-state index contributed by atoms with van der Waals surface area (Å²) in [5.74, 6) is -0.560. The van der Waals surface area contributed by atoms with E-state index in [2.05, 4.69) is 12.3 Å². The van der Waals surface area contributed by atoms with Gasteiger partial charge in [0.05, 0.1) is 24.0 Å². The normalized spacial score (nSPS) is 38.8. The smallest absolute Gasteiger partial charge is 0.154 e. The van der Waals surface area contributed by atoms with Gasteiger partial charge in [0.25, 0.3) is 0 Å². The monoisotopic (exact) mass is 290 g/mol. The van der Waals surface area contributed by atoms with E-state index in [0.29, 0.717) is 0 Å². The van der Waals surface area contributed by atoms with Gasteiger partial charge in [0.15, 0.2) is 11.6 Å². The Morgan fingerprint density at radius 3 is 2.35 bits per heavy atom. The molecule has 1 unspecified atom stereocenters. The Morgan fingerprint density at radius 1 is 1.20 bits per heavy atom. The van der Waals surface area contributed by atoms with Gasteiger partial charge in [-0.15, -0.1) is 11.3 Å². The van der Waals surface area contributed by atoms with Crippen molar-refractivity contribution >= 4 is 22.9 Å². The molecule has 3 fully saturated rings. The minimum atomic E-state index is -0.502. The van der Waals surface area contributed by atoms with E-state index in [1.807, 2.05) is 6.92 Å². The van der Waals surface area contributed by atoms with E-state index in [1.54, 1.807) is 11.3 Å². The van der Waals surface area contributed by atoms with Crippen LogP contribution >= 0.6 is 11.3 Å². The minimum absolute atomic E-state index is 0.00969. The molecule has 3 aliphatic rings. The minimum Gasteiger partial charge on any atom is -0.373 e. The average molecular weight is 290 g/mol. The molecular weight excluding hydrogens is 272 g/mol. The van der Waals surface area contributed by atoms with Crippen molar-refractivity contribution in [3.8, 4) is 0 Å². The fourth-order valence-electron chi connectivity index (χ4n) is 4.39. The number of hydrogen-bond donors (Lipinski definition) is 0. The van der Waals surface area contributed by atoms with Crippen LogP contribution in [0.5, 0.6) is 0 Å². The van der Waals surface area contributed by atoms with Crippen molar-refractivity contribution in [2.45, 2.75) is 51.2 Å². The highest BCUT2D eigenvalue weighted by Gasteiger charge is 2.63. The molecule has 106 valence electrons. The van der Waals surface area contributed by atoms with E-state index in [0.717, 1.165) is 29.7 Å². The van der Waals surface area contributed by atoms with Crippen molar-refractivity contribution in [2.24, 2.45) is 11.8 Å². The Balaban J connectivity index is 1.79. The molecule has 0 spiro atoms. The van der Waals surface area contributed by atoms with Crippen LogP contribution in [0.2, 0.25) is 0 Å². The van der Waals surface area contributed by atoms with Crippen molar-refractivity contribution < 1.29 is 14.3 Å². The summed E-state index contributed by atoms with van der Waals surface area (Å²) in [7, 11) is 0. The van der Waals surface area contributed by atoms with E-state index in [-0.39, 0.29) is 35.6 Å². The van der Waals surface area contributed by atoms with Gasteiger partial charge in [-0.05, 0) is 42.7 Å². The number of rotatable bonds is 2. The Morgan fingerprint density at radius 2 is 1.80 bits per heavy atom. The predicted molar refractivity (Wildman–Crippen MR) is 76.1 cm³/mol. The zero-order valence-electron chi connectivity index (χ0n) is 11.7. The first kappa shape index (κ1) is 12.7. The number of carbonyl (C=O) groups excluding carboxylic acids is 2. The van der Waals surface area contributed by atoms with E-state index >= 15 is 0 Å². The molecule has 1 aromatic heterocycles. The molecule has 5 atom stereocenters. The summed E-state index contributed by atoms with van der Waals surface area (Å²) in [6.45, 7) is 4.11. The molecule has 4 heteroatoms. The maximum Gasteiger partial charge on any atom is 0.154 e. The lowest BCUT2D eigenvalue weighted by Gasteiger charge is -2.16. The summed E-state index contributed by atoms with van der Waals surface area (Å²) >= 11 is 1.66. The summed E-state index contributed by atoms with van der Waals surface area (Å²) in [4.78, 5) is 26.7. The Bertz CT molecular complexity index is 575. The second-order valence-corrected chi connectivity index (χ2v) is 7.25. The molecule has 0 radical (unpaired) electrons. The summed E-state index contributed by atoms with van der Waals surface area (Å²) in [6, 6.07) is 0. The van der Waals surface area contributed by atoms with Gasteiger partial charge < -0.3 is 4.74 Å². The molecule has 1 saturated carbocycles. The zero-order valence-corrected chi connectivity index (χ0v) is 12.5. The van der Waals surface area contributed by atoms with Crippen molar-refractivity contribution in [2.75, 3.05) is 0 Å². The summed E-state index contributed by atoms with van der Waals surface area (Å²) in [5, 5.41) is 2.10. The highest BCUT2D eigenvalue weighted by Crippen LogP contribution is 2.53. The molecule has 0 amide bonds. The van der Waals surface area contributed by atoms with Gasteiger partial charge in [-0.3, -0.25) is 9.59 Å². The van der Waals surface area contributed by atoms with Crippen molar-refractivity contribution in [3.05, 3.63) is 21.4 Å². The third kappa shape index (κ3) is 1.44. The lowest BCUT2D eigenvalue weighted by atomic mass is 9.81. The standard InChI is InChI=1S/C16H18O3S/c1-3-8-6-20-7(2)11(8)14-15(17)12-9-4-5-10(19-9)13(12)16(14)18/h6,9-10,12-14H,3-5H2,1-2H3/t9-,10+,12-,13+,14?. The van der Waals surface area contributed by atoms with E-state index in [4.69, 9.17) is 4.74 Å². The highest BCUT2D eigenvalue weighted by molar-refractivity contribution is 7.10. The quantitative estimate of drug-likeness (QED) is 0.786. The molecule has 20 heavy (non-hydrogen) atoms. The Labute approximate surface area is 122 Å². The molecular formula is C16H18O3S. The average Bonchev–Trinajstić information content (AvgIpc) is 3.16. The van der Waals surface area contributed by atoms with Crippen LogP contribution in [0.3, 0.4) is 0 Å². The fourth-order valence-corrected chi connectivity index (χ4v) is 5.37. The number of ether oxygens (including phenoxy) is 1. The SMILES string of the molecule is CCc1csc(C)c1C1C(=O)[C@@H]2[C@H](C1=O)[C@H]1CC[C@@H]2O1. The topological polar surface area (TPSA) is 43.4 Å². The van der Waals surface area contributed by atoms with Gasteiger partial charge >= 0.3 is 0 Å². The third-order valence-corrected chi connectivity index (χ3v) is 6.25. The van der Waals surface area contributed by atoms with E-state index in [1.165, 1.54) is 5.56 Å². The number of Topliss-reactive ketones (excluding diaryl/α,β-unsaturated/α-hetero) is 2. The number of carbonyl (C=O) groups is 2. The third-order valence-electron chi connectivity index (χ3n) is 5.27. The largest absolute Gasteiger partial charge is 0.373 e. The van der Waals surface area contributed by atoms with Crippen LogP contribution in [0, 0.1) is 18.8 Å². The van der Waals surface area contributed by atoms with Crippen LogP contribution in [0.25, 0.3) is 0 Å². The molecule has 2 aliphatic heterocycles. The van der Waals surface area contributed by atoms with Crippen LogP contribution < -0.4 is 0 Å². The van der Waals surface area contributed by atoms with Gasteiger partial charge in [-0.1, -0.05) is 6.92 Å². The summed E-state index contributed by atoms with van der Waals surface area (Å²) in [6.07, 6.45) is 2.79. The number of ketones is 2. The van der Waals surface area contributed by atoms with E-state index in [9.17, 15) is 9.59 Å². The highest BCUT2D eigenvalue weighted by atomic mass is 32.1. The first-order valence-electron chi connectivity index (χ1n) is 7.43. The molecule has 2 saturated heterocycles. The molecule has 0 N–H and O–H groups in total. The van der Waals surface area contributed by atoms with Gasteiger partial charge in [0.2, 0.25) is 0 Å². The molecule has 4 rings (SSSR count). The maximum atomic E-state index is 12.8. The molecule has 3 nitrogen and oxygen atoms in total. The summed E-state index contributed by atoms with van der Waals surface area (Å²) < 4.78 is 5.79. The zero-order chi connectivity index (χ0) is 14.0. The number of hydrogen-bond acceptors (Lipinski definition) is 4. The van der Waals surface area contributed by atoms with Gasteiger partial charge in [-0.2, -0.15) is 0 Å². The molecule has 0 aromatic carbocycles. The lowest BCUT2D eigenvalue weighted by Crippen LogP contribution is -2.29. The van der Waals surface area contributed by atoms with Gasteiger partial charge in [0.1, 0.15) is 5.92 Å². The number of aryl methyl sites for hydroxylation is 2. The van der Waals surface area contributed by atoms with Gasteiger partial charge in [0, 0.05) is 4.88 Å². The van der Waals surface area contributed by atoms with Crippen LogP contribution in [-0.2, 0) is 20.7 Å². The van der Waals surface area contributed by atoms with Crippen molar-refractivity contribution in [1.29, 1.82) is 0 Å².